The first-order valence-corrected chi connectivity index (χ1v) is 8.86. The van der Waals surface area contributed by atoms with E-state index in [1.807, 2.05) is 0 Å². The Morgan fingerprint density at radius 3 is 2.58 bits per heavy atom. The summed E-state index contributed by atoms with van der Waals surface area (Å²) in [5.74, 6) is 1.45. The molecule has 8 heteroatoms. The van der Waals surface area contributed by atoms with Crippen molar-refractivity contribution in [1.82, 2.24) is 14.9 Å². The van der Waals surface area contributed by atoms with Crippen molar-refractivity contribution in [3.63, 3.8) is 0 Å². The van der Waals surface area contributed by atoms with Gasteiger partial charge in [0, 0.05) is 6.54 Å². The zero-order chi connectivity index (χ0) is 13.9. The third-order valence-corrected chi connectivity index (χ3v) is 6.21. The van der Waals surface area contributed by atoms with Crippen molar-refractivity contribution in [2.24, 2.45) is 11.8 Å². The molecule has 1 heterocycles. The highest BCUT2D eigenvalue weighted by Crippen LogP contribution is 2.30. The summed E-state index contributed by atoms with van der Waals surface area (Å²) in [5, 5.41) is 7.24. The molecule has 0 radical (unpaired) electrons. The number of nitrogens with two attached hydrogens (primary N) is 1. The Morgan fingerprint density at radius 1 is 1.32 bits per heavy atom. The van der Waals surface area contributed by atoms with Crippen LogP contribution in [0, 0.1) is 11.8 Å². The summed E-state index contributed by atoms with van der Waals surface area (Å²) in [6.45, 7) is 2.74. The monoisotopic (exact) mass is 304 g/mol. The molecule has 19 heavy (non-hydrogen) atoms. The predicted molar refractivity (Wildman–Crippen MR) is 75.2 cm³/mol. The van der Waals surface area contributed by atoms with E-state index in [2.05, 4.69) is 21.8 Å². The molecule has 0 unspecified atom stereocenters. The van der Waals surface area contributed by atoms with Crippen molar-refractivity contribution in [1.29, 1.82) is 0 Å². The maximum Gasteiger partial charge on any atom is 0.269 e. The van der Waals surface area contributed by atoms with Gasteiger partial charge in [-0.2, -0.15) is 0 Å². The second-order valence-corrected chi connectivity index (χ2v) is 8.17. The number of anilines is 1. The van der Waals surface area contributed by atoms with Gasteiger partial charge in [0.2, 0.25) is 9.47 Å². The fourth-order valence-corrected chi connectivity index (χ4v) is 4.28. The molecule has 1 aliphatic rings. The lowest BCUT2D eigenvalue weighted by atomic mass is 9.81. The summed E-state index contributed by atoms with van der Waals surface area (Å²) in [4.78, 5) is 0. The number of nitrogens with one attached hydrogen (secondary N) is 1. The SMILES string of the molecule is CC1CCC(CCNS(=O)(=O)c2nnc(N)s2)CC1. The van der Waals surface area contributed by atoms with Crippen molar-refractivity contribution in [3.05, 3.63) is 0 Å². The van der Waals surface area contributed by atoms with Crippen molar-refractivity contribution in [2.45, 2.75) is 43.4 Å². The molecule has 0 bridgehead atoms. The van der Waals surface area contributed by atoms with Gasteiger partial charge in [0.15, 0.2) is 0 Å². The van der Waals surface area contributed by atoms with Gasteiger partial charge in [0.05, 0.1) is 0 Å². The highest BCUT2D eigenvalue weighted by molar-refractivity contribution is 7.91. The van der Waals surface area contributed by atoms with Crippen LogP contribution in [0.4, 0.5) is 5.13 Å². The van der Waals surface area contributed by atoms with Crippen LogP contribution in [0.5, 0.6) is 0 Å². The molecule has 0 aromatic carbocycles. The summed E-state index contributed by atoms with van der Waals surface area (Å²) in [7, 11) is -3.54. The Kier molecular flexibility index (Phi) is 4.75. The zero-order valence-corrected chi connectivity index (χ0v) is 12.6. The van der Waals surface area contributed by atoms with Gasteiger partial charge < -0.3 is 5.73 Å². The molecule has 6 nitrogen and oxygen atoms in total. The van der Waals surface area contributed by atoms with Crippen LogP contribution in [0.2, 0.25) is 0 Å². The van der Waals surface area contributed by atoms with Crippen molar-refractivity contribution < 1.29 is 8.42 Å². The first kappa shape index (κ1) is 14.7. The van der Waals surface area contributed by atoms with Crippen molar-refractivity contribution in [3.8, 4) is 0 Å². The van der Waals surface area contributed by atoms with E-state index in [4.69, 9.17) is 5.73 Å². The Bertz CT molecular complexity index is 507. The van der Waals surface area contributed by atoms with Crippen LogP contribution in [0.25, 0.3) is 0 Å². The van der Waals surface area contributed by atoms with E-state index in [1.54, 1.807) is 0 Å². The summed E-state index contributed by atoms with van der Waals surface area (Å²) < 4.78 is 26.3. The molecule has 2 rings (SSSR count). The summed E-state index contributed by atoms with van der Waals surface area (Å²) >= 11 is 0.886. The molecule has 0 saturated heterocycles. The van der Waals surface area contributed by atoms with Gasteiger partial charge in [-0.25, -0.2) is 13.1 Å². The minimum atomic E-state index is -3.54. The van der Waals surface area contributed by atoms with Crippen molar-refractivity contribution in [2.75, 3.05) is 12.3 Å². The zero-order valence-electron chi connectivity index (χ0n) is 11.0. The minimum absolute atomic E-state index is 0.0535. The average molecular weight is 304 g/mol. The van der Waals surface area contributed by atoms with Gasteiger partial charge in [-0.1, -0.05) is 43.9 Å². The first-order chi connectivity index (χ1) is 8.97. The van der Waals surface area contributed by atoms with Gasteiger partial charge >= 0.3 is 0 Å². The average Bonchev–Trinajstić information content (AvgIpc) is 2.79. The normalized spacial score (nSPS) is 24.5. The topological polar surface area (TPSA) is 98.0 Å². The Labute approximate surface area is 117 Å². The molecule has 1 saturated carbocycles. The van der Waals surface area contributed by atoms with E-state index >= 15 is 0 Å². The van der Waals surface area contributed by atoms with Crippen LogP contribution in [0.1, 0.15) is 39.0 Å². The summed E-state index contributed by atoms with van der Waals surface area (Å²) in [5.41, 5.74) is 5.39. The molecule has 1 aromatic heterocycles. The second kappa shape index (κ2) is 6.15. The Hall–Kier alpha value is -0.730. The molecule has 108 valence electrons. The number of aromatic nitrogens is 2. The quantitative estimate of drug-likeness (QED) is 0.861. The maximum absolute atomic E-state index is 11.9. The lowest BCUT2D eigenvalue weighted by Gasteiger charge is -2.25. The molecule has 0 spiro atoms. The Morgan fingerprint density at radius 2 is 2.00 bits per heavy atom. The van der Waals surface area contributed by atoms with Crippen LogP contribution in [-0.2, 0) is 10.0 Å². The molecule has 3 N–H and O–H groups in total. The molecular formula is C11H20N4O2S2. The van der Waals surface area contributed by atoms with Gasteiger partial charge in [-0.3, -0.25) is 0 Å². The third-order valence-electron chi connectivity index (χ3n) is 3.63. The van der Waals surface area contributed by atoms with E-state index in [0.29, 0.717) is 12.5 Å². The van der Waals surface area contributed by atoms with Crippen molar-refractivity contribution >= 4 is 26.5 Å². The van der Waals surface area contributed by atoms with Gasteiger partial charge in [-0.15, -0.1) is 10.2 Å². The molecule has 0 amide bonds. The van der Waals surface area contributed by atoms with Gasteiger partial charge in [0.1, 0.15) is 0 Å². The van der Waals surface area contributed by atoms with Crippen LogP contribution < -0.4 is 10.5 Å². The highest BCUT2D eigenvalue weighted by Gasteiger charge is 2.21. The van der Waals surface area contributed by atoms with Crippen LogP contribution in [-0.4, -0.2) is 25.2 Å². The number of nitrogens with zero attached hydrogens (tertiary/aromatic N) is 2. The van der Waals surface area contributed by atoms with Crippen LogP contribution in [0.15, 0.2) is 4.34 Å². The van der Waals surface area contributed by atoms with E-state index in [9.17, 15) is 8.42 Å². The highest BCUT2D eigenvalue weighted by atomic mass is 32.2. The largest absolute Gasteiger partial charge is 0.374 e. The third kappa shape index (κ3) is 4.12. The lowest BCUT2D eigenvalue weighted by molar-refractivity contribution is 0.278. The number of sulfonamides is 1. The summed E-state index contributed by atoms with van der Waals surface area (Å²) in [6.07, 6.45) is 5.80. The minimum Gasteiger partial charge on any atom is -0.374 e. The Balaban J connectivity index is 1.79. The molecule has 0 atom stereocenters. The van der Waals surface area contributed by atoms with E-state index in [1.165, 1.54) is 25.7 Å². The molecule has 1 fully saturated rings. The van der Waals surface area contributed by atoms with E-state index in [-0.39, 0.29) is 9.47 Å². The second-order valence-electron chi connectivity index (χ2n) is 5.22. The number of hydrogen-bond acceptors (Lipinski definition) is 6. The van der Waals surface area contributed by atoms with Gasteiger partial charge in [-0.05, 0) is 18.3 Å². The summed E-state index contributed by atoms with van der Waals surface area (Å²) in [6, 6.07) is 0. The first-order valence-electron chi connectivity index (χ1n) is 6.56. The fraction of sp³-hybridized carbons (Fsp3) is 0.818. The standard InChI is InChI=1S/C11H20N4O2S2/c1-8-2-4-9(5-3-8)6-7-13-19(16,17)11-15-14-10(12)18-11/h8-9,13H,2-7H2,1H3,(H2,12,14). The van der Waals surface area contributed by atoms with E-state index in [0.717, 1.165) is 23.7 Å². The van der Waals surface area contributed by atoms with Crippen LogP contribution >= 0.6 is 11.3 Å². The maximum atomic E-state index is 11.9. The molecule has 1 aromatic rings. The number of hydrogen-bond donors (Lipinski definition) is 2. The van der Waals surface area contributed by atoms with Gasteiger partial charge in [0.25, 0.3) is 10.0 Å². The smallest absolute Gasteiger partial charge is 0.269 e. The lowest BCUT2D eigenvalue weighted by Crippen LogP contribution is -2.27. The van der Waals surface area contributed by atoms with Crippen LogP contribution in [0.3, 0.4) is 0 Å². The predicted octanol–water partition coefficient (Wildman–Crippen LogP) is 1.61. The fourth-order valence-electron chi connectivity index (χ4n) is 2.41. The molecule has 0 aliphatic heterocycles. The number of rotatable bonds is 5. The van der Waals surface area contributed by atoms with E-state index < -0.39 is 10.0 Å². The number of nitrogen functional groups attached to an aromatic ring is 1. The molecule has 1 aliphatic carbocycles. The molecular weight excluding hydrogens is 284 g/mol.